The van der Waals surface area contributed by atoms with Crippen LogP contribution >= 0.6 is 8.58 Å². The fourth-order valence-corrected chi connectivity index (χ4v) is 4.69. The Morgan fingerprint density at radius 3 is 2.55 bits per heavy atom. The summed E-state index contributed by atoms with van der Waals surface area (Å²) in [5, 5.41) is 1.56. The van der Waals surface area contributed by atoms with Gasteiger partial charge in [-0.3, -0.25) is 0 Å². The lowest BCUT2D eigenvalue weighted by Gasteiger charge is -2.09. The first-order valence-electron chi connectivity index (χ1n) is 7.79. The summed E-state index contributed by atoms with van der Waals surface area (Å²) in [4.78, 5) is 0. The summed E-state index contributed by atoms with van der Waals surface area (Å²) < 4.78 is 0. The molecule has 2 aromatic rings. The molecular formula is C19H23P. The van der Waals surface area contributed by atoms with Crippen LogP contribution in [0.1, 0.15) is 32.6 Å². The molecule has 0 amide bonds. The third-order valence-corrected chi connectivity index (χ3v) is 6.03. The number of rotatable bonds is 6. The van der Waals surface area contributed by atoms with E-state index >= 15 is 0 Å². The Kier molecular flexibility index (Phi) is 4.53. The minimum absolute atomic E-state index is 0.964. The van der Waals surface area contributed by atoms with Gasteiger partial charge < -0.3 is 0 Å². The van der Waals surface area contributed by atoms with E-state index in [2.05, 4.69) is 61.5 Å². The van der Waals surface area contributed by atoms with Crippen LogP contribution in [0.15, 0.2) is 54.6 Å². The van der Waals surface area contributed by atoms with Crippen molar-refractivity contribution in [2.45, 2.75) is 38.3 Å². The molecule has 0 nitrogen and oxygen atoms in total. The van der Waals surface area contributed by atoms with Gasteiger partial charge in [0.2, 0.25) is 0 Å². The van der Waals surface area contributed by atoms with Crippen LogP contribution in [0.4, 0.5) is 0 Å². The maximum atomic E-state index is 2.33. The van der Waals surface area contributed by atoms with Crippen molar-refractivity contribution < 1.29 is 0 Å². The van der Waals surface area contributed by atoms with Crippen LogP contribution in [0, 0.1) is 5.92 Å². The molecule has 0 aromatic heterocycles. The Labute approximate surface area is 124 Å². The molecular weight excluding hydrogens is 259 g/mol. The Morgan fingerprint density at radius 2 is 1.75 bits per heavy atom. The molecule has 3 atom stereocenters. The van der Waals surface area contributed by atoms with Crippen molar-refractivity contribution in [3.8, 4) is 11.1 Å². The first-order valence-corrected chi connectivity index (χ1v) is 8.87. The van der Waals surface area contributed by atoms with E-state index in [0.29, 0.717) is 0 Å². The van der Waals surface area contributed by atoms with Crippen LogP contribution in [-0.4, -0.2) is 5.66 Å². The van der Waals surface area contributed by atoms with Crippen molar-refractivity contribution in [3.63, 3.8) is 0 Å². The maximum absolute atomic E-state index is 2.33. The lowest BCUT2D eigenvalue weighted by Crippen LogP contribution is -2.01. The van der Waals surface area contributed by atoms with Gasteiger partial charge in [0.1, 0.15) is 0 Å². The predicted molar refractivity (Wildman–Crippen MR) is 91.2 cm³/mol. The molecule has 2 aromatic carbocycles. The summed E-state index contributed by atoms with van der Waals surface area (Å²) in [6.07, 6.45) is 5.65. The summed E-state index contributed by atoms with van der Waals surface area (Å²) >= 11 is 0. The topological polar surface area (TPSA) is 0 Å². The highest BCUT2D eigenvalue weighted by molar-refractivity contribution is 7.48. The third-order valence-electron chi connectivity index (χ3n) is 4.20. The lowest BCUT2D eigenvalue weighted by atomic mass is 10.1. The molecule has 1 fully saturated rings. The molecule has 104 valence electrons. The second-order valence-corrected chi connectivity index (χ2v) is 7.37. The second-order valence-electron chi connectivity index (χ2n) is 5.80. The molecule has 0 radical (unpaired) electrons. The Hall–Kier alpha value is -1.13. The van der Waals surface area contributed by atoms with Crippen molar-refractivity contribution in [1.29, 1.82) is 0 Å². The standard InChI is InChI=1S/C19H23P/c1-2-3-9-16-14-19(16)20-18-13-8-7-12-17(18)15-10-5-4-6-11-15/h4-8,10-13,16,19-20H,2-3,9,14H2,1H3. The molecule has 1 aliphatic carbocycles. The van der Waals surface area contributed by atoms with E-state index in [1.165, 1.54) is 36.8 Å². The molecule has 1 aliphatic rings. The SMILES string of the molecule is CCCCC1CC1Pc1ccccc1-c1ccccc1. The highest BCUT2D eigenvalue weighted by Crippen LogP contribution is 2.48. The van der Waals surface area contributed by atoms with Gasteiger partial charge in [-0.25, -0.2) is 0 Å². The van der Waals surface area contributed by atoms with Crippen LogP contribution in [0.3, 0.4) is 0 Å². The molecule has 0 heterocycles. The van der Waals surface area contributed by atoms with E-state index in [1.54, 1.807) is 5.30 Å². The van der Waals surface area contributed by atoms with Gasteiger partial charge in [-0.2, -0.15) is 0 Å². The highest BCUT2D eigenvalue weighted by atomic mass is 31.1. The summed E-state index contributed by atoms with van der Waals surface area (Å²) in [6, 6.07) is 19.8. The molecule has 0 N–H and O–H groups in total. The number of hydrogen-bond acceptors (Lipinski definition) is 0. The first kappa shape index (κ1) is 13.8. The molecule has 0 spiro atoms. The van der Waals surface area contributed by atoms with Gasteiger partial charge in [-0.1, -0.05) is 82.9 Å². The van der Waals surface area contributed by atoms with Crippen molar-refractivity contribution in [1.82, 2.24) is 0 Å². The van der Waals surface area contributed by atoms with Crippen molar-refractivity contribution in [2.24, 2.45) is 5.92 Å². The Balaban J connectivity index is 1.72. The zero-order chi connectivity index (χ0) is 13.8. The van der Waals surface area contributed by atoms with Crippen LogP contribution in [0.5, 0.6) is 0 Å². The van der Waals surface area contributed by atoms with Crippen LogP contribution in [0.2, 0.25) is 0 Å². The number of unbranched alkanes of at least 4 members (excludes halogenated alkanes) is 1. The number of benzene rings is 2. The van der Waals surface area contributed by atoms with Gasteiger partial charge >= 0.3 is 0 Å². The van der Waals surface area contributed by atoms with Gasteiger partial charge in [0, 0.05) is 0 Å². The molecule has 0 bridgehead atoms. The summed E-state index contributed by atoms with van der Waals surface area (Å²) in [5.41, 5.74) is 3.76. The monoisotopic (exact) mass is 282 g/mol. The normalized spacial score (nSPS) is 21.4. The molecule has 0 aliphatic heterocycles. The zero-order valence-corrected chi connectivity index (χ0v) is 13.2. The molecule has 1 heteroatoms. The van der Waals surface area contributed by atoms with E-state index in [-0.39, 0.29) is 0 Å². The molecule has 20 heavy (non-hydrogen) atoms. The minimum Gasteiger partial charge on any atom is -0.0862 e. The minimum atomic E-state index is 0.964. The van der Waals surface area contributed by atoms with E-state index in [0.717, 1.165) is 20.2 Å². The largest absolute Gasteiger partial charge is 0.0862 e. The maximum Gasteiger partial charge on any atom is -0.0110 e. The molecule has 3 unspecified atom stereocenters. The lowest BCUT2D eigenvalue weighted by molar-refractivity contribution is 0.656. The predicted octanol–water partition coefficient (Wildman–Crippen LogP) is 5.24. The summed E-state index contributed by atoms with van der Waals surface area (Å²) in [5.74, 6) is 1.01. The third kappa shape index (κ3) is 3.30. The van der Waals surface area contributed by atoms with E-state index < -0.39 is 0 Å². The average Bonchev–Trinajstić information content (AvgIpc) is 3.25. The quantitative estimate of drug-likeness (QED) is 0.636. The Morgan fingerprint density at radius 1 is 1.00 bits per heavy atom. The highest BCUT2D eigenvalue weighted by Gasteiger charge is 2.36. The van der Waals surface area contributed by atoms with Gasteiger partial charge in [0.05, 0.1) is 0 Å². The first-order chi connectivity index (χ1) is 9.88. The smallest absolute Gasteiger partial charge is 0.0110 e. The van der Waals surface area contributed by atoms with Crippen molar-refractivity contribution in [3.05, 3.63) is 54.6 Å². The number of hydrogen-bond donors (Lipinski definition) is 0. The van der Waals surface area contributed by atoms with Crippen molar-refractivity contribution >= 4 is 13.9 Å². The van der Waals surface area contributed by atoms with Gasteiger partial charge in [0.25, 0.3) is 0 Å². The fourth-order valence-electron chi connectivity index (χ4n) is 2.89. The summed E-state index contributed by atoms with van der Waals surface area (Å²) in [7, 11) is 0.988. The average molecular weight is 282 g/mol. The van der Waals surface area contributed by atoms with Crippen LogP contribution in [-0.2, 0) is 0 Å². The zero-order valence-electron chi connectivity index (χ0n) is 12.2. The van der Waals surface area contributed by atoms with E-state index in [1.807, 2.05) is 0 Å². The molecule has 0 saturated heterocycles. The van der Waals surface area contributed by atoms with Crippen LogP contribution in [0.25, 0.3) is 11.1 Å². The van der Waals surface area contributed by atoms with Gasteiger partial charge in [0.15, 0.2) is 0 Å². The van der Waals surface area contributed by atoms with Gasteiger partial charge in [-0.15, -0.1) is 0 Å². The second kappa shape index (κ2) is 6.55. The van der Waals surface area contributed by atoms with Gasteiger partial charge in [-0.05, 0) is 40.8 Å². The van der Waals surface area contributed by atoms with Crippen LogP contribution < -0.4 is 5.30 Å². The Bertz CT molecular complexity index is 547. The van der Waals surface area contributed by atoms with Crippen molar-refractivity contribution in [2.75, 3.05) is 0 Å². The molecule has 3 rings (SSSR count). The van der Waals surface area contributed by atoms with E-state index in [4.69, 9.17) is 0 Å². The molecule has 1 saturated carbocycles. The van der Waals surface area contributed by atoms with E-state index in [9.17, 15) is 0 Å². The fraction of sp³-hybridized carbons (Fsp3) is 0.368. The summed E-state index contributed by atoms with van der Waals surface area (Å²) in [6.45, 7) is 2.30.